The first-order valence-corrected chi connectivity index (χ1v) is 13.3. The lowest BCUT2D eigenvalue weighted by Gasteiger charge is -2.37. The maximum absolute atomic E-state index is 14.4. The quantitative estimate of drug-likeness (QED) is 0.453. The van der Waals surface area contributed by atoms with Crippen LogP contribution in [0.4, 0.5) is 34.1 Å². The minimum atomic E-state index is -4.66. The van der Waals surface area contributed by atoms with Crippen LogP contribution >= 0.6 is 0 Å². The van der Waals surface area contributed by atoms with E-state index in [2.05, 4.69) is 4.90 Å². The summed E-state index contributed by atoms with van der Waals surface area (Å²) in [6.07, 6.45) is -3.00. The molecular formula is C29H34F3N3O4. The molecule has 0 unspecified atom stereocenters. The molecule has 3 aliphatic heterocycles. The van der Waals surface area contributed by atoms with Gasteiger partial charge in [0.2, 0.25) is 0 Å². The summed E-state index contributed by atoms with van der Waals surface area (Å²) in [6.45, 7) is 6.73. The number of nitrogens with zero attached hydrogens (tertiary/aromatic N) is 3. The normalized spacial score (nSPS) is 20.7. The van der Waals surface area contributed by atoms with Crippen molar-refractivity contribution in [1.82, 2.24) is 4.90 Å². The van der Waals surface area contributed by atoms with Crippen molar-refractivity contribution in [3.05, 3.63) is 47.0 Å². The Morgan fingerprint density at radius 1 is 1.08 bits per heavy atom. The highest BCUT2D eigenvalue weighted by atomic mass is 19.4. The summed E-state index contributed by atoms with van der Waals surface area (Å²) in [7, 11) is 1.39. The second-order valence-corrected chi connectivity index (χ2v) is 11.7. The molecule has 210 valence electrons. The summed E-state index contributed by atoms with van der Waals surface area (Å²) < 4.78 is 48.6. The van der Waals surface area contributed by atoms with Crippen LogP contribution in [-0.4, -0.2) is 60.5 Å². The van der Waals surface area contributed by atoms with Gasteiger partial charge in [0.25, 0.3) is 0 Å². The molecule has 0 aromatic heterocycles. The number of ether oxygens (including phenoxy) is 1. The molecule has 0 radical (unpaired) electrons. The van der Waals surface area contributed by atoms with Gasteiger partial charge in [-0.05, 0) is 93.0 Å². The highest BCUT2D eigenvalue weighted by Crippen LogP contribution is 2.50. The molecule has 2 aromatic rings. The van der Waals surface area contributed by atoms with Crippen molar-refractivity contribution >= 4 is 23.6 Å². The van der Waals surface area contributed by atoms with E-state index in [9.17, 15) is 27.9 Å². The number of halogens is 3. The van der Waals surface area contributed by atoms with Crippen LogP contribution in [0.1, 0.15) is 62.6 Å². The number of alkyl halides is 3. The molecule has 2 amide bonds. The summed E-state index contributed by atoms with van der Waals surface area (Å²) in [5.41, 5.74) is 1.97. The largest absolute Gasteiger partial charge is 0.465 e. The topological polar surface area (TPSA) is 73.3 Å². The Labute approximate surface area is 226 Å². The van der Waals surface area contributed by atoms with Gasteiger partial charge in [0.1, 0.15) is 5.60 Å². The molecule has 1 fully saturated rings. The van der Waals surface area contributed by atoms with Gasteiger partial charge in [-0.15, -0.1) is 0 Å². The van der Waals surface area contributed by atoms with Gasteiger partial charge in [-0.25, -0.2) is 9.59 Å². The van der Waals surface area contributed by atoms with Crippen LogP contribution in [0.2, 0.25) is 0 Å². The zero-order chi connectivity index (χ0) is 28.3. The molecule has 1 N–H and O–H groups in total. The smallest absolute Gasteiger partial charge is 0.417 e. The van der Waals surface area contributed by atoms with Crippen LogP contribution in [-0.2, 0) is 17.3 Å². The van der Waals surface area contributed by atoms with Crippen molar-refractivity contribution in [2.45, 2.75) is 70.2 Å². The van der Waals surface area contributed by atoms with Gasteiger partial charge in [-0.3, -0.25) is 4.90 Å². The van der Waals surface area contributed by atoms with Crippen LogP contribution in [0.3, 0.4) is 0 Å². The maximum atomic E-state index is 14.4. The fourth-order valence-corrected chi connectivity index (χ4v) is 6.19. The summed E-state index contributed by atoms with van der Waals surface area (Å²) in [5.74, 6) is -0.0893. The van der Waals surface area contributed by atoms with E-state index in [1.54, 1.807) is 20.8 Å². The minimum absolute atomic E-state index is 0.0352. The zero-order valence-electron chi connectivity index (χ0n) is 22.6. The molecule has 5 rings (SSSR count). The molecule has 1 saturated heterocycles. The van der Waals surface area contributed by atoms with Crippen molar-refractivity contribution in [2.75, 3.05) is 36.5 Å². The van der Waals surface area contributed by atoms with Gasteiger partial charge in [0.15, 0.2) is 0 Å². The Morgan fingerprint density at radius 2 is 1.82 bits per heavy atom. The fourth-order valence-electron chi connectivity index (χ4n) is 6.19. The van der Waals surface area contributed by atoms with Crippen LogP contribution in [0.15, 0.2) is 30.3 Å². The molecular weight excluding hydrogens is 511 g/mol. The van der Waals surface area contributed by atoms with Gasteiger partial charge in [0, 0.05) is 50.0 Å². The molecule has 39 heavy (non-hydrogen) atoms. The monoisotopic (exact) mass is 545 g/mol. The summed E-state index contributed by atoms with van der Waals surface area (Å²) in [5, 5.41) is 9.62. The average molecular weight is 546 g/mol. The number of aryl methyl sites for hydroxylation is 1. The van der Waals surface area contributed by atoms with Gasteiger partial charge in [-0.1, -0.05) is 6.07 Å². The van der Waals surface area contributed by atoms with Gasteiger partial charge < -0.3 is 19.6 Å². The first-order chi connectivity index (χ1) is 18.2. The number of hydrogen-bond donors (Lipinski definition) is 1. The van der Waals surface area contributed by atoms with Crippen LogP contribution < -0.4 is 9.80 Å². The number of carbonyl (C=O) groups is 2. The Bertz CT molecular complexity index is 1300. The molecule has 0 aliphatic carbocycles. The number of hydrogen-bond acceptors (Lipinski definition) is 4. The number of carboxylic acid groups (broad SMARTS) is 1. The van der Waals surface area contributed by atoms with Crippen LogP contribution in [0.25, 0.3) is 11.1 Å². The maximum Gasteiger partial charge on any atom is 0.417 e. The lowest BCUT2D eigenvalue weighted by Crippen LogP contribution is -2.48. The third-order valence-electron chi connectivity index (χ3n) is 7.92. The van der Waals surface area contributed by atoms with E-state index in [-0.39, 0.29) is 23.2 Å². The summed E-state index contributed by atoms with van der Waals surface area (Å²) >= 11 is 0. The Morgan fingerprint density at radius 3 is 2.49 bits per heavy atom. The standard InChI is InChI=1S/C29H34F3N3O4/c1-28(2,3)39-27(38)33(4)19-8-9-20(23(15-19)29(30,31)32)18-13-17-7-5-6-11-35-24-10-12-34(26(36)37)16-22(24)21(14-18)25(17)35/h8-9,13-15,22,24H,5-7,10-12,16H2,1-4H3,(H,36,37)/t22-,24-/m0/s1. The SMILES string of the molecule is CN(C(=O)OC(C)(C)C)c1ccc(-c2cc3c4c(c2)[C@@H]2CN(C(=O)O)CC[C@@H]2N4CCCC3)c(C(F)(F)F)c1. The second-order valence-electron chi connectivity index (χ2n) is 11.7. The number of benzene rings is 2. The lowest BCUT2D eigenvalue weighted by molar-refractivity contribution is -0.137. The highest BCUT2D eigenvalue weighted by molar-refractivity contribution is 5.88. The molecule has 0 bridgehead atoms. The predicted molar refractivity (Wildman–Crippen MR) is 143 cm³/mol. The molecule has 2 atom stereocenters. The Balaban J connectivity index is 1.59. The van der Waals surface area contributed by atoms with E-state index in [4.69, 9.17) is 4.74 Å². The van der Waals surface area contributed by atoms with Gasteiger partial charge in [0.05, 0.1) is 5.56 Å². The summed E-state index contributed by atoms with van der Waals surface area (Å²) in [4.78, 5) is 29.1. The molecule has 3 aliphatic rings. The second kappa shape index (κ2) is 9.64. The average Bonchev–Trinajstić information content (AvgIpc) is 3.00. The molecule has 7 nitrogen and oxygen atoms in total. The van der Waals surface area contributed by atoms with E-state index >= 15 is 0 Å². The van der Waals surface area contributed by atoms with Gasteiger partial charge >= 0.3 is 18.4 Å². The molecule has 3 heterocycles. The number of rotatable bonds is 2. The van der Waals surface area contributed by atoms with Crippen molar-refractivity contribution < 1.29 is 32.6 Å². The van der Waals surface area contributed by atoms with E-state index in [0.717, 1.165) is 53.6 Å². The summed E-state index contributed by atoms with van der Waals surface area (Å²) in [6, 6.07) is 7.75. The molecule has 0 saturated carbocycles. The van der Waals surface area contributed by atoms with Crippen molar-refractivity contribution in [2.24, 2.45) is 0 Å². The lowest BCUT2D eigenvalue weighted by atomic mass is 9.85. The predicted octanol–water partition coefficient (Wildman–Crippen LogP) is 6.74. The third kappa shape index (κ3) is 5.13. The first kappa shape index (κ1) is 27.1. The number of amides is 2. The molecule has 2 aromatic carbocycles. The number of fused-ring (bicyclic) bond motifs is 3. The molecule has 10 heteroatoms. The van der Waals surface area contributed by atoms with Gasteiger partial charge in [-0.2, -0.15) is 13.2 Å². The fraction of sp³-hybridized carbons (Fsp3) is 0.517. The van der Waals surface area contributed by atoms with Crippen molar-refractivity contribution in [3.63, 3.8) is 0 Å². The highest BCUT2D eigenvalue weighted by Gasteiger charge is 2.45. The van der Waals surface area contributed by atoms with Crippen LogP contribution in [0.5, 0.6) is 0 Å². The van der Waals surface area contributed by atoms with Crippen molar-refractivity contribution in [1.29, 1.82) is 0 Å². The van der Waals surface area contributed by atoms with E-state index < -0.39 is 29.5 Å². The van der Waals surface area contributed by atoms with E-state index in [0.29, 0.717) is 25.1 Å². The Kier molecular flexibility index (Phi) is 6.71. The number of carbonyl (C=O) groups excluding carboxylic acids is 1. The van der Waals surface area contributed by atoms with Crippen LogP contribution in [0, 0.1) is 0 Å². The number of piperidine rings is 1. The van der Waals surface area contributed by atoms with Crippen molar-refractivity contribution in [3.8, 4) is 11.1 Å². The number of likely N-dealkylation sites (tertiary alicyclic amines) is 1. The third-order valence-corrected chi connectivity index (χ3v) is 7.92. The minimum Gasteiger partial charge on any atom is -0.465 e. The zero-order valence-corrected chi connectivity index (χ0v) is 22.6. The molecule has 0 spiro atoms. The van der Waals surface area contributed by atoms with E-state index in [1.165, 1.54) is 24.1 Å². The Hall–Kier alpha value is -3.43. The first-order valence-electron chi connectivity index (χ1n) is 13.3. The van der Waals surface area contributed by atoms with E-state index in [1.807, 2.05) is 12.1 Å². The number of anilines is 2.